The molecule has 3 aromatic rings. The molecule has 0 spiro atoms. The summed E-state index contributed by atoms with van der Waals surface area (Å²) in [5.41, 5.74) is 2.91. The molecule has 0 amide bonds. The molecule has 2 atom stereocenters. The van der Waals surface area contributed by atoms with Crippen molar-refractivity contribution in [2.24, 2.45) is 0 Å². The molecule has 0 aliphatic carbocycles. The zero-order valence-corrected chi connectivity index (χ0v) is 12.8. The minimum absolute atomic E-state index is 0.0314. The van der Waals surface area contributed by atoms with Gasteiger partial charge >= 0.3 is 0 Å². The lowest BCUT2D eigenvalue weighted by atomic mass is 10.1. The van der Waals surface area contributed by atoms with Gasteiger partial charge in [0.2, 0.25) is 0 Å². The number of nitrogens with zero attached hydrogens (tertiary/aromatic N) is 1. The van der Waals surface area contributed by atoms with Gasteiger partial charge in [-0.25, -0.2) is 0 Å². The fraction of sp³-hybridized carbons (Fsp3) is 0.278. The first-order chi connectivity index (χ1) is 10.7. The van der Waals surface area contributed by atoms with Gasteiger partial charge in [-0.15, -0.1) is 0 Å². The highest BCUT2D eigenvalue weighted by atomic mass is 16.3. The maximum Gasteiger partial charge on any atom is 0.134 e. The highest BCUT2D eigenvalue weighted by Crippen LogP contribution is 2.29. The summed E-state index contributed by atoms with van der Waals surface area (Å²) in [5.74, 6) is 0.920. The van der Waals surface area contributed by atoms with Crippen LogP contribution in [0.2, 0.25) is 0 Å². The van der Waals surface area contributed by atoms with Crippen LogP contribution in [0.25, 0.3) is 11.0 Å². The van der Waals surface area contributed by atoms with Crippen molar-refractivity contribution in [3.63, 3.8) is 0 Å². The Balaban J connectivity index is 1.71. The number of hydrogen-bond donors (Lipinski definition) is 2. The van der Waals surface area contributed by atoms with Crippen molar-refractivity contribution in [3.05, 3.63) is 65.7 Å². The van der Waals surface area contributed by atoms with Crippen LogP contribution in [-0.4, -0.2) is 16.6 Å². The number of para-hydroxylation sites is 1. The number of hydrogen-bond acceptors (Lipinski definition) is 4. The molecule has 2 heterocycles. The second-order valence-electron chi connectivity index (χ2n) is 5.51. The van der Waals surface area contributed by atoms with E-state index in [1.54, 1.807) is 12.4 Å². The van der Waals surface area contributed by atoms with Gasteiger partial charge in [0, 0.05) is 24.3 Å². The van der Waals surface area contributed by atoms with Gasteiger partial charge < -0.3 is 14.8 Å². The summed E-state index contributed by atoms with van der Waals surface area (Å²) in [6, 6.07) is 11.7. The highest BCUT2D eigenvalue weighted by molar-refractivity contribution is 5.82. The van der Waals surface area contributed by atoms with Gasteiger partial charge in [0.15, 0.2) is 0 Å². The number of benzene rings is 1. The average molecular weight is 296 g/mol. The predicted molar refractivity (Wildman–Crippen MR) is 86.6 cm³/mol. The number of aromatic nitrogens is 1. The molecule has 1 aromatic carbocycles. The lowest BCUT2D eigenvalue weighted by Crippen LogP contribution is -2.24. The van der Waals surface area contributed by atoms with E-state index in [9.17, 15) is 5.11 Å². The molecule has 0 fully saturated rings. The number of rotatable bonds is 5. The molecule has 0 aliphatic rings. The molecule has 0 bridgehead atoms. The first kappa shape index (κ1) is 14.8. The van der Waals surface area contributed by atoms with Crippen LogP contribution < -0.4 is 5.32 Å². The molecule has 4 nitrogen and oxygen atoms in total. The number of aryl methyl sites for hydroxylation is 1. The maximum atomic E-state index is 10.2. The van der Waals surface area contributed by atoms with Crippen LogP contribution >= 0.6 is 0 Å². The minimum Gasteiger partial charge on any atom is -0.459 e. The maximum absolute atomic E-state index is 10.2. The van der Waals surface area contributed by atoms with Gasteiger partial charge in [-0.05, 0) is 43.2 Å². The van der Waals surface area contributed by atoms with E-state index in [0.717, 1.165) is 27.9 Å². The van der Waals surface area contributed by atoms with E-state index in [2.05, 4.69) is 23.3 Å². The third-order valence-electron chi connectivity index (χ3n) is 3.98. The van der Waals surface area contributed by atoms with Crippen molar-refractivity contribution in [2.45, 2.75) is 26.0 Å². The standard InChI is InChI=1S/C18H20N2O2/c1-12-15-5-3-4-6-17(15)22-18(12)13(2)20-11-16(21)14-7-9-19-10-8-14/h3-10,13,16,20-21H,11H2,1-2H3. The lowest BCUT2D eigenvalue weighted by Gasteiger charge is -2.16. The fourth-order valence-corrected chi connectivity index (χ4v) is 2.69. The summed E-state index contributed by atoms with van der Waals surface area (Å²) in [7, 11) is 0. The molecule has 0 saturated carbocycles. The molecule has 3 rings (SSSR count). The van der Waals surface area contributed by atoms with Gasteiger partial charge in [0.05, 0.1) is 12.1 Å². The van der Waals surface area contributed by atoms with Gasteiger partial charge in [0.1, 0.15) is 11.3 Å². The van der Waals surface area contributed by atoms with Crippen LogP contribution in [0.3, 0.4) is 0 Å². The first-order valence-electron chi connectivity index (χ1n) is 7.46. The molecule has 114 valence electrons. The van der Waals surface area contributed by atoms with E-state index in [4.69, 9.17) is 4.42 Å². The lowest BCUT2D eigenvalue weighted by molar-refractivity contribution is 0.169. The van der Waals surface area contributed by atoms with Gasteiger partial charge in [-0.2, -0.15) is 0 Å². The Morgan fingerprint density at radius 2 is 1.91 bits per heavy atom. The van der Waals surface area contributed by atoms with E-state index in [1.165, 1.54) is 0 Å². The Morgan fingerprint density at radius 1 is 1.18 bits per heavy atom. The molecule has 0 radical (unpaired) electrons. The average Bonchev–Trinajstić information content (AvgIpc) is 2.90. The summed E-state index contributed by atoms with van der Waals surface area (Å²) < 4.78 is 5.94. The number of aliphatic hydroxyl groups excluding tert-OH is 1. The SMILES string of the molecule is Cc1c(C(C)NCC(O)c2ccncc2)oc2ccccc12. The molecule has 4 heteroatoms. The number of aliphatic hydroxyl groups is 1. The van der Waals surface area contributed by atoms with Crippen molar-refractivity contribution in [2.75, 3.05) is 6.54 Å². The van der Waals surface area contributed by atoms with Crippen molar-refractivity contribution in [1.82, 2.24) is 10.3 Å². The number of nitrogens with one attached hydrogen (secondary N) is 1. The quantitative estimate of drug-likeness (QED) is 0.756. The molecule has 2 aromatic heterocycles. The smallest absolute Gasteiger partial charge is 0.134 e. The van der Waals surface area contributed by atoms with E-state index in [0.29, 0.717) is 6.54 Å². The van der Waals surface area contributed by atoms with Crippen LogP contribution in [0.15, 0.2) is 53.2 Å². The van der Waals surface area contributed by atoms with Crippen LogP contribution in [0.4, 0.5) is 0 Å². The summed E-state index contributed by atoms with van der Waals surface area (Å²) >= 11 is 0. The molecule has 22 heavy (non-hydrogen) atoms. The van der Waals surface area contributed by atoms with E-state index < -0.39 is 6.10 Å². The number of furan rings is 1. The molecular formula is C18H20N2O2. The number of fused-ring (bicyclic) bond motifs is 1. The molecular weight excluding hydrogens is 276 g/mol. The second-order valence-corrected chi connectivity index (χ2v) is 5.51. The molecule has 2 unspecified atom stereocenters. The van der Waals surface area contributed by atoms with Crippen molar-refractivity contribution < 1.29 is 9.52 Å². The third kappa shape index (κ3) is 2.89. The molecule has 2 N–H and O–H groups in total. The van der Waals surface area contributed by atoms with Gasteiger partial charge in [-0.1, -0.05) is 18.2 Å². The summed E-state index contributed by atoms with van der Waals surface area (Å²) in [6.45, 7) is 4.57. The Morgan fingerprint density at radius 3 is 2.64 bits per heavy atom. The topological polar surface area (TPSA) is 58.3 Å². The summed E-state index contributed by atoms with van der Waals surface area (Å²) in [6.07, 6.45) is 2.81. The van der Waals surface area contributed by atoms with E-state index in [1.807, 2.05) is 37.3 Å². The van der Waals surface area contributed by atoms with Gasteiger partial charge in [0.25, 0.3) is 0 Å². The van der Waals surface area contributed by atoms with Crippen molar-refractivity contribution in [1.29, 1.82) is 0 Å². The number of pyridine rings is 1. The van der Waals surface area contributed by atoms with Gasteiger partial charge in [-0.3, -0.25) is 4.98 Å². The molecule has 0 saturated heterocycles. The Hall–Kier alpha value is -2.17. The largest absolute Gasteiger partial charge is 0.459 e. The Labute approximate surface area is 129 Å². The molecule has 0 aliphatic heterocycles. The Bertz CT molecular complexity index is 752. The monoisotopic (exact) mass is 296 g/mol. The third-order valence-corrected chi connectivity index (χ3v) is 3.98. The van der Waals surface area contributed by atoms with E-state index >= 15 is 0 Å². The fourth-order valence-electron chi connectivity index (χ4n) is 2.69. The second kappa shape index (κ2) is 6.30. The summed E-state index contributed by atoms with van der Waals surface area (Å²) in [5, 5.41) is 14.7. The van der Waals surface area contributed by atoms with Crippen molar-refractivity contribution in [3.8, 4) is 0 Å². The van der Waals surface area contributed by atoms with Crippen LogP contribution in [0.5, 0.6) is 0 Å². The highest BCUT2D eigenvalue weighted by Gasteiger charge is 2.17. The zero-order chi connectivity index (χ0) is 15.5. The van der Waals surface area contributed by atoms with Crippen molar-refractivity contribution >= 4 is 11.0 Å². The Kier molecular flexibility index (Phi) is 4.22. The zero-order valence-electron chi connectivity index (χ0n) is 12.8. The normalized spacial score (nSPS) is 14.1. The van der Waals surface area contributed by atoms with E-state index in [-0.39, 0.29) is 6.04 Å². The minimum atomic E-state index is -0.560. The van der Waals surface area contributed by atoms with Crippen LogP contribution in [0.1, 0.15) is 36.0 Å². The van der Waals surface area contributed by atoms with Crippen LogP contribution in [0, 0.1) is 6.92 Å². The summed E-state index contributed by atoms with van der Waals surface area (Å²) in [4.78, 5) is 3.96. The first-order valence-corrected chi connectivity index (χ1v) is 7.46. The predicted octanol–water partition coefficient (Wildman–Crippen LogP) is 3.52. The van der Waals surface area contributed by atoms with Crippen LogP contribution in [-0.2, 0) is 0 Å².